The molecule has 1 aliphatic heterocycles. The van der Waals surface area contributed by atoms with Crippen LogP contribution >= 0.6 is 7.92 Å². The molecule has 0 N–H and O–H groups in total. The molecule has 1 heterocycles. The lowest BCUT2D eigenvalue weighted by Gasteiger charge is -2.30. The van der Waals surface area contributed by atoms with Crippen LogP contribution in [-0.2, 0) is 0 Å². The van der Waals surface area contributed by atoms with Crippen LogP contribution in [0.1, 0.15) is 5.56 Å². The number of hydrogen-bond acceptors (Lipinski definition) is 0. The molecule has 0 aliphatic carbocycles. The highest BCUT2D eigenvalue weighted by Crippen LogP contribution is 2.49. The summed E-state index contributed by atoms with van der Waals surface area (Å²) in [4.78, 5) is 1.67. The van der Waals surface area contributed by atoms with Gasteiger partial charge in [-0.3, -0.25) is 0 Å². The maximum atomic E-state index is 2.46. The van der Waals surface area contributed by atoms with Crippen molar-refractivity contribution in [2.45, 2.75) is 19.6 Å². The Bertz CT molecular complexity index is 693. The average molecular weight is 308 g/mol. The molecule has 0 nitrogen and oxygen atoms in total. The van der Waals surface area contributed by atoms with E-state index in [9.17, 15) is 0 Å². The molecule has 2 aromatic carbocycles. The topological polar surface area (TPSA) is 0 Å². The lowest BCUT2D eigenvalue weighted by molar-refractivity contribution is 1.71. The molecule has 21 heavy (non-hydrogen) atoms. The van der Waals surface area contributed by atoms with Gasteiger partial charge in [0.05, 0.1) is 8.07 Å². The van der Waals surface area contributed by atoms with Crippen LogP contribution in [-0.4, -0.2) is 8.07 Å². The molecule has 106 valence electrons. The molecule has 3 rings (SSSR count). The van der Waals surface area contributed by atoms with Crippen molar-refractivity contribution in [1.29, 1.82) is 0 Å². The average Bonchev–Trinajstić information content (AvgIpc) is 2.67. The molecular formula is C19H21PSi. The molecule has 0 spiro atoms. The number of fused-ring (bicyclic) bond motifs is 1. The van der Waals surface area contributed by atoms with Crippen molar-refractivity contribution in [3.05, 3.63) is 77.3 Å². The molecule has 2 heteroatoms. The predicted molar refractivity (Wildman–Crippen MR) is 99.5 cm³/mol. The number of rotatable bonds is 2. The summed E-state index contributed by atoms with van der Waals surface area (Å²) in [6, 6.07) is 19.9. The summed E-state index contributed by atoms with van der Waals surface area (Å²) in [6.07, 6.45) is 6.91. The van der Waals surface area contributed by atoms with Gasteiger partial charge in [0.25, 0.3) is 0 Å². The Morgan fingerprint density at radius 1 is 0.810 bits per heavy atom. The van der Waals surface area contributed by atoms with Crippen molar-refractivity contribution in [2.24, 2.45) is 0 Å². The van der Waals surface area contributed by atoms with Crippen LogP contribution < -0.4 is 10.6 Å². The van der Waals surface area contributed by atoms with E-state index in [1.807, 2.05) is 0 Å². The smallest absolute Gasteiger partial charge is 0.0656 e. The summed E-state index contributed by atoms with van der Waals surface area (Å²) in [6.45, 7) is 7.37. The first-order valence-electron chi connectivity index (χ1n) is 7.40. The maximum absolute atomic E-state index is 2.46. The van der Waals surface area contributed by atoms with Gasteiger partial charge in [0.1, 0.15) is 0 Å². The van der Waals surface area contributed by atoms with E-state index in [1.54, 1.807) is 4.94 Å². The minimum absolute atomic E-state index is 0.400. The lowest BCUT2D eigenvalue weighted by atomic mass is 10.2. The zero-order valence-corrected chi connectivity index (χ0v) is 14.8. The fourth-order valence-electron chi connectivity index (χ4n) is 2.72. The lowest BCUT2D eigenvalue weighted by Crippen LogP contribution is -2.28. The van der Waals surface area contributed by atoms with Crippen molar-refractivity contribution in [3.63, 3.8) is 0 Å². The minimum Gasteiger partial charge on any atom is -0.0656 e. The van der Waals surface area contributed by atoms with E-state index in [0.717, 1.165) is 0 Å². The Labute approximate surface area is 130 Å². The van der Waals surface area contributed by atoms with E-state index in [-0.39, 0.29) is 0 Å². The summed E-state index contributed by atoms with van der Waals surface area (Å²) >= 11 is 0. The van der Waals surface area contributed by atoms with Gasteiger partial charge < -0.3 is 0 Å². The zero-order valence-electron chi connectivity index (χ0n) is 12.9. The number of benzene rings is 2. The third kappa shape index (κ3) is 2.95. The van der Waals surface area contributed by atoms with Gasteiger partial charge in [-0.05, 0) is 29.0 Å². The Morgan fingerprint density at radius 2 is 1.48 bits per heavy atom. The highest BCUT2D eigenvalue weighted by Gasteiger charge is 2.30. The van der Waals surface area contributed by atoms with E-state index in [4.69, 9.17) is 0 Å². The van der Waals surface area contributed by atoms with E-state index in [1.165, 1.54) is 16.2 Å². The second kappa shape index (κ2) is 5.75. The molecule has 0 fully saturated rings. The van der Waals surface area contributed by atoms with E-state index in [2.05, 4.69) is 92.5 Å². The van der Waals surface area contributed by atoms with Crippen LogP contribution in [0.25, 0.3) is 6.08 Å². The number of hydrogen-bond donors (Lipinski definition) is 0. The van der Waals surface area contributed by atoms with Crippen molar-refractivity contribution in [1.82, 2.24) is 0 Å². The molecule has 2 aromatic rings. The van der Waals surface area contributed by atoms with Crippen LogP contribution in [0.15, 0.2) is 71.7 Å². The first kappa shape index (κ1) is 14.5. The minimum atomic E-state index is -1.36. The van der Waals surface area contributed by atoms with E-state index in [0.29, 0.717) is 0 Å². The first-order chi connectivity index (χ1) is 10.1. The third-order valence-electron chi connectivity index (χ3n) is 3.73. The molecular weight excluding hydrogens is 287 g/mol. The standard InChI is InChI=1S/C19H21PSi/c1-21(2,3)19-15-9-11-16-10-7-8-14-18(16)20(19)17-12-5-4-6-13-17/h4-15H,1-3H3. The zero-order chi connectivity index (χ0) is 14.9. The Morgan fingerprint density at radius 3 is 2.19 bits per heavy atom. The van der Waals surface area contributed by atoms with Gasteiger partial charge in [-0.1, -0.05) is 92.5 Å². The Kier molecular flexibility index (Phi) is 3.97. The Balaban J connectivity index is 2.23. The molecule has 0 bridgehead atoms. The fraction of sp³-hybridized carbons (Fsp3) is 0.158. The predicted octanol–water partition coefficient (Wildman–Crippen LogP) is 4.91. The second-order valence-electron chi connectivity index (χ2n) is 6.39. The van der Waals surface area contributed by atoms with Gasteiger partial charge in [0.15, 0.2) is 0 Å². The Hall–Kier alpha value is -1.43. The van der Waals surface area contributed by atoms with Gasteiger partial charge in [-0.15, -0.1) is 0 Å². The van der Waals surface area contributed by atoms with Gasteiger partial charge in [0.2, 0.25) is 0 Å². The van der Waals surface area contributed by atoms with Gasteiger partial charge in [-0.2, -0.15) is 0 Å². The highest BCUT2D eigenvalue weighted by atomic mass is 31.1. The molecule has 0 aromatic heterocycles. The molecule has 1 aliphatic rings. The summed E-state index contributed by atoms with van der Waals surface area (Å²) in [5.74, 6) is 0. The van der Waals surface area contributed by atoms with Crippen LogP contribution in [0, 0.1) is 0 Å². The highest BCUT2D eigenvalue weighted by molar-refractivity contribution is 7.79. The van der Waals surface area contributed by atoms with Gasteiger partial charge in [-0.25, -0.2) is 0 Å². The third-order valence-corrected chi connectivity index (χ3v) is 10.5. The molecule has 0 radical (unpaired) electrons. The summed E-state index contributed by atoms with van der Waals surface area (Å²) in [5.41, 5.74) is 1.37. The SMILES string of the molecule is C[Si](C)(C)C1=CC=Cc2ccccc2P1c1ccccc1. The monoisotopic (exact) mass is 308 g/mol. The summed E-state index contributed by atoms with van der Waals surface area (Å²) in [5, 5.41) is 2.97. The van der Waals surface area contributed by atoms with Gasteiger partial charge in [0, 0.05) is 0 Å². The molecule has 0 saturated heterocycles. The maximum Gasteiger partial charge on any atom is 0.0790 e. The summed E-state index contributed by atoms with van der Waals surface area (Å²) < 4.78 is 0. The quantitative estimate of drug-likeness (QED) is 0.546. The van der Waals surface area contributed by atoms with Crippen molar-refractivity contribution < 1.29 is 0 Å². The van der Waals surface area contributed by atoms with Gasteiger partial charge >= 0.3 is 0 Å². The van der Waals surface area contributed by atoms with E-state index < -0.39 is 16.0 Å². The second-order valence-corrected chi connectivity index (χ2v) is 14.0. The fourth-order valence-corrected chi connectivity index (χ4v) is 8.91. The molecule has 1 unspecified atom stereocenters. The van der Waals surface area contributed by atoms with Crippen molar-refractivity contribution >= 4 is 32.7 Å². The largest absolute Gasteiger partial charge is 0.0790 e. The van der Waals surface area contributed by atoms with Crippen LogP contribution in [0.3, 0.4) is 0 Å². The van der Waals surface area contributed by atoms with E-state index >= 15 is 0 Å². The van der Waals surface area contributed by atoms with Crippen molar-refractivity contribution in [3.8, 4) is 0 Å². The summed E-state index contributed by atoms with van der Waals surface area (Å²) in [7, 11) is -1.76. The molecule has 0 amide bonds. The van der Waals surface area contributed by atoms with Crippen LogP contribution in [0.4, 0.5) is 0 Å². The number of allylic oxidation sites excluding steroid dienone is 2. The van der Waals surface area contributed by atoms with Crippen molar-refractivity contribution in [2.75, 3.05) is 0 Å². The molecule has 1 atom stereocenters. The first-order valence-corrected chi connectivity index (χ1v) is 12.2. The van der Waals surface area contributed by atoms with Crippen LogP contribution in [0.5, 0.6) is 0 Å². The van der Waals surface area contributed by atoms with Crippen LogP contribution in [0.2, 0.25) is 19.6 Å². The normalized spacial score (nSPS) is 17.9. The molecule has 0 saturated carbocycles.